The number of urea groups is 1. The highest BCUT2D eigenvalue weighted by Crippen LogP contribution is 2.27. The van der Waals surface area contributed by atoms with Crippen LogP contribution < -0.4 is 15.5 Å². The first kappa shape index (κ1) is 14.6. The molecule has 0 aliphatic rings. The minimum absolute atomic E-state index is 0.108. The Morgan fingerprint density at radius 3 is 2.72 bits per heavy atom. The Morgan fingerprint density at radius 1 is 1.50 bits per heavy atom. The molecule has 0 aliphatic carbocycles. The predicted octanol–water partition coefficient (Wildman–Crippen LogP) is 1.91. The fourth-order valence-corrected chi connectivity index (χ4v) is 1.60. The molecule has 0 spiro atoms. The van der Waals surface area contributed by atoms with Crippen LogP contribution in [0.5, 0.6) is 0 Å². The number of hydrogen-bond donors (Lipinski definition) is 3. The molecule has 0 fully saturated rings. The molecule has 0 aliphatic heterocycles. The van der Waals surface area contributed by atoms with Crippen LogP contribution in [0.1, 0.15) is 6.92 Å². The van der Waals surface area contributed by atoms with Crippen molar-refractivity contribution in [2.45, 2.75) is 13.0 Å². The lowest BCUT2D eigenvalue weighted by Crippen LogP contribution is -2.38. The van der Waals surface area contributed by atoms with Gasteiger partial charge in [0, 0.05) is 19.1 Å². The van der Waals surface area contributed by atoms with Gasteiger partial charge in [0.1, 0.15) is 0 Å². The zero-order chi connectivity index (χ0) is 13.7. The molecule has 2 amide bonds. The summed E-state index contributed by atoms with van der Waals surface area (Å²) >= 11 is 5.91. The van der Waals surface area contributed by atoms with E-state index in [1.807, 2.05) is 25.1 Å². The Morgan fingerprint density at radius 2 is 2.17 bits per heavy atom. The molecule has 0 heterocycles. The Hall–Kier alpha value is -1.46. The first-order valence-corrected chi connectivity index (χ1v) is 5.97. The highest BCUT2D eigenvalue weighted by Gasteiger charge is 2.10. The van der Waals surface area contributed by atoms with Crippen molar-refractivity contribution in [3.63, 3.8) is 0 Å². The Labute approximate surface area is 112 Å². The highest BCUT2D eigenvalue weighted by molar-refractivity contribution is 6.31. The lowest BCUT2D eigenvalue weighted by Gasteiger charge is -2.19. The maximum absolute atomic E-state index is 11.7. The fraction of sp³-hybridized carbons (Fsp3) is 0.417. The first-order valence-electron chi connectivity index (χ1n) is 5.59. The van der Waals surface area contributed by atoms with Gasteiger partial charge in [0.05, 0.1) is 24.0 Å². The van der Waals surface area contributed by atoms with Gasteiger partial charge in [-0.1, -0.05) is 11.6 Å². The predicted molar refractivity (Wildman–Crippen MR) is 74.5 cm³/mol. The quantitative estimate of drug-likeness (QED) is 0.784. The van der Waals surface area contributed by atoms with Gasteiger partial charge in [-0.25, -0.2) is 4.79 Å². The third-order valence-electron chi connectivity index (χ3n) is 2.34. The molecule has 1 aromatic carbocycles. The maximum atomic E-state index is 11.7. The van der Waals surface area contributed by atoms with Crippen molar-refractivity contribution in [1.82, 2.24) is 5.32 Å². The van der Waals surface area contributed by atoms with E-state index in [0.29, 0.717) is 10.7 Å². The van der Waals surface area contributed by atoms with Crippen LogP contribution in [0.25, 0.3) is 0 Å². The van der Waals surface area contributed by atoms with Gasteiger partial charge in [-0.2, -0.15) is 0 Å². The van der Waals surface area contributed by atoms with E-state index in [2.05, 4.69) is 10.6 Å². The van der Waals surface area contributed by atoms with Gasteiger partial charge in [0.15, 0.2) is 0 Å². The largest absolute Gasteiger partial charge is 0.394 e. The highest BCUT2D eigenvalue weighted by atomic mass is 35.5. The number of aliphatic hydroxyl groups is 1. The normalized spacial score (nSPS) is 11.8. The molecule has 5 nitrogen and oxygen atoms in total. The summed E-state index contributed by atoms with van der Waals surface area (Å²) in [5, 5.41) is 14.7. The molecule has 6 heteroatoms. The number of carbonyl (C=O) groups excluding carboxylic acids is 1. The van der Waals surface area contributed by atoms with Crippen molar-refractivity contribution >= 4 is 29.0 Å². The van der Waals surface area contributed by atoms with Gasteiger partial charge in [0.2, 0.25) is 0 Å². The zero-order valence-electron chi connectivity index (χ0n) is 10.7. The Balaban J connectivity index is 2.82. The van der Waals surface area contributed by atoms with E-state index in [1.54, 1.807) is 19.1 Å². The molecule has 1 aromatic rings. The van der Waals surface area contributed by atoms with E-state index in [9.17, 15) is 4.79 Å². The van der Waals surface area contributed by atoms with Crippen LogP contribution in [-0.2, 0) is 0 Å². The number of carbonyl (C=O) groups is 1. The number of amides is 2. The minimum atomic E-state index is -0.373. The van der Waals surface area contributed by atoms with Crippen LogP contribution in [-0.4, -0.2) is 37.9 Å². The maximum Gasteiger partial charge on any atom is 0.319 e. The van der Waals surface area contributed by atoms with Crippen LogP contribution in [0.3, 0.4) is 0 Å². The third kappa shape index (κ3) is 4.09. The van der Waals surface area contributed by atoms with E-state index in [-0.39, 0.29) is 18.7 Å². The SMILES string of the molecule is CC(CO)NC(=O)Nc1cc(Cl)ccc1N(C)C. The van der Waals surface area contributed by atoms with E-state index in [0.717, 1.165) is 5.69 Å². The molecule has 0 bridgehead atoms. The summed E-state index contributed by atoms with van der Waals surface area (Å²) in [6, 6.07) is 4.60. The second kappa shape index (κ2) is 6.47. The standard InChI is InChI=1S/C12H18ClN3O2/c1-8(7-17)14-12(18)15-10-6-9(13)4-5-11(10)16(2)3/h4-6,8,17H,7H2,1-3H3,(H2,14,15,18). The molecule has 3 N–H and O–H groups in total. The third-order valence-corrected chi connectivity index (χ3v) is 2.58. The van der Waals surface area contributed by atoms with Crippen molar-refractivity contribution in [1.29, 1.82) is 0 Å². The average Bonchev–Trinajstić information content (AvgIpc) is 2.28. The molecule has 0 saturated carbocycles. The summed E-state index contributed by atoms with van der Waals surface area (Å²) in [7, 11) is 3.76. The molecule has 1 atom stereocenters. The molecule has 1 rings (SSSR count). The number of anilines is 2. The van der Waals surface area contributed by atoms with Crippen LogP contribution in [0.2, 0.25) is 5.02 Å². The number of rotatable bonds is 4. The summed E-state index contributed by atoms with van der Waals surface area (Å²) < 4.78 is 0. The molecular formula is C12H18ClN3O2. The van der Waals surface area contributed by atoms with Crippen molar-refractivity contribution in [2.75, 3.05) is 30.9 Å². The fourth-order valence-electron chi connectivity index (χ4n) is 1.43. The van der Waals surface area contributed by atoms with Crippen LogP contribution in [0, 0.1) is 0 Å². The van der Waals surface area contributed by atoms with E-state index in [4.69, 9.17) is 16.7 Å². The summed E-state index contributed by atoms with van der Waals surface area (Å²) in [4.78, 5) is 13.5. The lowest BCUT2D eigenvalue weighted by molar-refractivity contribution is 0.229. The smallest absolute Gasteiger partial charge is 0.319 e. The Bertz CT molecular complexity index is 424. The second-order valence-corrected chi connectivity index (χ2v) is 4.67. The number of nitrogens with one attached hydrogen (secondary N) is 2. The zero-order valence-corrected chi connectivity index (χ0v) is 11.5. The molecule has 18 heavy (non-hydrogen) atoms. The van der Waals surface area contributed by atoms with Gasteiger partial charge in [-0.15, -0.1) is 0 Å². The minimum Gasteiger partial charge on any atom is -0.394 e. The van der Waals surface area contributed by atoms with E-state index < -0.39 is 0 Å². The summed E-state index contributed by atoms with van der Waals surface area (Å²) in [6.45, 7) is 1.61. The van der Waals surface area contributed by atoms with Crippen molar-refractivity contribution < 1.29 is 9.90 Å². The lowest BCUT2D eigenvalue weighted by atomic mass is 10.2. The van der Waals surface area contributed by atoms with Crippen molar-refractivity contribution in [2.24, 2.45) is 0 Å². The molecule has 1 unspecified atom stereocenters. The van der Waals surface area contributed by atoms with Gasteiger partial charge in [-0.05, 0) is 25.1 Å². The molecule has 0 saturated heterocycles. The van der Waals surface area contributed by atoms with E-state index in [1.165, 1.54) is 0 Å². The van der Waals surface area contributed by atoms with Crippen LogP contribution in [0.4, 0.5) is 16.2 Å². The number of benzene rings is 1. The molecular weight excluding hydrogens is 254 g/mol. The summed E-state index contributed by atoms with van der Waals surface area (Å²) in [5.74, 6) is 0. The van der Waals surface area contributed by atoms with E-state index >= 15 is 0 Å². The van der Waals surface area contributed by atoms with Gasteiger partial charge >= 0.3 is 6.03 Å². The Kier molecular flexibility index (Phi) is 5.25. The van der Waals surface area contributed by atoms with Gasteiger partial charge < -0.3 is 20.6 Å². The van der Waals surface area contributed by atoms with Crippen LogP contribution >= 0.6 is 11.6 Å². The van der Waals surface area contributed by atoms with Crippen molar-refractivity contribution in [3.8, 4) is 0 Å². The molecule has 0 radical (unpaired) electrons. The summed E-state index contributed by atoms with van der Waals surface area (Å²) in [5.41, 5.74) is 1.47. The number of nitrogens with zero attached hydrogens (tertiary/aromatic N) is 1. The number of aliphatic hydroxyl groups excluding tert-OH is 1. The van der Waals surface area contributed by atoms with Gasteiger partial charge in [-0.3, -0.25) is 0 Å². The molecule has 0 aromatic heterocycles. The number of hydrogen-bond acceptors (Lipinski definition) is 3. The average molecular weight is 272 g/mol. The van der Waals surface area contributed by atoms with Crippen LogP contribution in [0.15, 0.2) is 18.2 Å². The first-order chi connectivity index (χ1) is 8.43. The molecule has 100 valence electrons. The number of halogens is 1. The topological polar surface area (TPSA) is 64.6 Å². The monoisotopic (exact) mass is 271 g/mol. The van der Waals surface area contributed by atoms with Crippen molar-refractivity contribution in [3.05, 3.63) is 23.2 Å². The summed E-state index contributed by atoms with van der Waals surface area (Å²) in [6.07, 6.45) is 0. The second-order valence-electron chi connectivity index (χ2n) is 4.24. The van der Waals surface area contributed by atoms with Gasteiger partial charge in [0.25, 0.3) is 0 Å².